The molecule has 0 saturated heterocycles. The lowest BCUT2D eigenvalue weighted by Gasteiger charge is -2.13. The molecule has 0 aromatic carbocycles. The Bertz CT molecular complexity index is 141. The van der Waals surface area contributed by atoms with Crippen LogP contribution in [0.15, 0.2) is 12.7 Å². The summed E-state index contributed by atoms with van der Waals surface area (Å²) in [5.41, 5.74) is 0. The third kappa shape index (κ3) is 2.40. The number of alkyl halides is 1. The lowest BCUT2D eigenvalue weighted by atomic mass is 10.2. The van der Waals surface area contributed by atoms with E-state index in [0.29, 0.717) is 6.61 Å². The summed E-state index contributed by atoms with van der Waals surface area (Å²) in [7, 11) is 0. The Balaban J connectivity index is 4.04. The molecule has 0 fully saturated rings. The molecule has 0 aliphatic rings. The van der Waals surface area contributed by atoms with Crippen LogP contribution in [0.4, 0.5) is 0 Å². The molecule has 0 aromatic rings. The van der Waals surface area contributed by atoms with Gasteiger partial charge in [0.2, 0.25) is 0 Å². The molecule has 0 radical (unpaired) electrons. The first kappa shape index (κ1) is 9.50. The molecule has 0 N–H and O–H groups in total. The zero-order chi connectivity index (χ0) is 8.20. The van der Waals surface area contributed by atoms with Crippen molar-refractivity contribution in [2.45, 2.75) is 18.7 Å². The molecule has 3 heteroatoms. The van der Waals surface area contributed by atoms with Gasteiger partial charge in [-0.05, 0) is 13.8 Å². The van der Waals surface area contributed by atoms with Crippen molar-refractivity contribution < 1.29 is 9.53 Å². The van der Waals surface area contributed by atoms with Crippen molar-refractivity contribution in [2.24, 2.45) is 0 Å². The van der Waals surface area contributed by atoms with E-state index in [4.69, 9.17) is 11.6 Å². The van der Waals surface area contributed by atoms with E-state index in [2.05, 4.69) is 11.3 Å². The highest BCUT2D eigenvalue weighted by molar-refractivity contribution is 6.35. The van der Waals surface area contributed by atoms with Gasteiger partial charge in [0.05, 0.1) is 6.61 Å². The molecule has 0 aliphatic carbocycles. The zero-order valence-electron chi connectivity index (χ0n) is 6.19. The quantitative estimate of drug-likeness (QED) is 0.359. The van der Waals surface area contributed by atoms with Crippen LogP contribution in [0, 0.1) is 0 Å². The molecule has 0 amide bonds. The van der Waals surface area contributed by atoms with Crippen molar-refractivity contribution in [3.05, 3.63) is 12.7 Å². The van der Waals surface area contributed by atoms with Gasteiger partial charge in [-0.25, -0.2) is 4.79 Å². The summed E-state index contributed by atoms with van der Waals surface area (Å²) < 4.78 is 4.66. The Morgan fingerprint density at radius 2 is 2.40 bits per heavy atom. The predicted molar refractivity (Wildman–Crippen MR) is 41.1 cm³/mol. The van der Waals surface area contributed by atoms with Crippen LogP contribution in [0.3, 0.4) is 0 Å². The van der Waals surface area contributed by atoms with Crippen LogP contribution < -0.4 is 0 Å². The minimum Gasteiger partial charge on any atom is -0.464 e. The summed E-state index contributed by atoms with van der Waals surface area (Å²) in [4.78, 5) is 9.80. The normalized spacial score (nSPS) is 15.5. The van der Waals surface area contributed by atoms with Crippen LogP contribution >= 0.6 is 11.6 Å². The number of rotatable bonds is 3. The summed E-state index contributed by atoms with van der Waals surface area (Å²) in [5.74, 6) is -0.452. The number of hydrogen-bond donors (Lipinski definition) is 0. The fraction of sp³-hybridized carbons (Fsp3) is 0.571. The van der Waals surface area contributed by atoms with Crippen LogP contribution in [0.25, 0.3) is 0 Å². The largest absolute Gasteiger partial charge is 0.464 e. The lowest BCUT2D eigenvalue weighted by molar-refractivity contribution is -0.144. The molecule has 0 saturated carbocycles. The molecular weight excluding hydrogens is 152 g/mol. The number of carbonyl (C=O) groups excluding carboxylic acids is 1. The number of esters is 1. The van der Waals surface area contributed by atoms with Crippen molar-refractivity contribution in [3.63, 3.8) is 0 Å². The molecular formula is C7H11ClO2. The molecule has 0 spiro atoms. The second-order valence-corrected chi connectivity index (χ2v) is 2.79. The van der Waals surface area contributed by atoms with E-state index in [1.165, 1.54) is 6.08 Å². The van der Waals surface area contributed by atoms with Crippen LogP contribution in [0.1, 0.15) is 13.8 Å². The van der Waals surface area contributed by atoms with Gasteiger partial charge in [0.15, 0.2) is 4.87 Å². The molecule has 0 rings (SSSR count). The standard InChI is InChI=1S/C7H11ClO2/c1-4-7(3,8)6(9)10-5-2/h4H,1,5H2,2-3H3. The van der Waals surface area contributed by atoms with Crippen molar-refractivity contribution in [2.75, 3.05) is 6.61 Å². The summed E-state index contributed by atoms with van der Waals surface area (Å²) in [6.07, 6.45) is 1.35. The van der Waals surface area contributed by atoms with E-state index in [0.717, 1.165) is 0 Å². The van der Waals surface area contributed by atoms with E-state index < -0.39 is 10.8 Å². The highest BCUT2D eigenvalue weighted by Gasteiger charge is 2.27. The minimum absolute atomic E-state index is 0.342. The molecule has 0 bridgehead atoms. The van der Waals surface area contributed by atoms with Gasteiger partial charge in [-0.3, -0.25) is 0 Å². The molecule has 0 aromatic heterocycles. The topological polar surface area (TPSA) is 26.3 Å². The molecule has 1 unspecified atom stereocenters. The van der Waals surface area contributed by atoms with E-state index in [9.17, 15) is 4.79 Å². The Labute approximate surface area is 65.8 Å². The highest BCUT2D eigenvalue weighted by Crippen LogP contribution is 2.16. The SMILES string of the molecule is C=CC(C)(Cl)C(=O)OCC. The van der Waals surface area contributed by atoms with Gasteiger partial charge in [0.1, 0.15) is 0 Å². The van der Waals surface area contributed by atoms with E-state index in [1.54, 1.807) is 13.8 Å². The average molecular weight is 163 g/mol. The van der Waals surface area contributed by atoms with Gasteiger partial charge in [-0.2, -0.15) is 0 Å². The summed E-state index contributed by atoms with van der Waals surface area (Å²) in [6, 6.07) is 0. The fourth-order valence-electron chi connectivity index (χ4n) is 0.356. The van der Waals surface area contributed by atoms with Gasteiger partial charge >= 0.3 is 5.97 Å². The number of ether oxygens (including phenoxy) is 1. The molecule has 1 atom stereocenters. The van der Waals surface area contributed by atoms with E-state index in [1.807, 2.05) is 0 Å². The van der Waals surface area contributed by atoms with Gasteiger partial charge in [0, 0.05) is 0 Å². The van der Waals surface area contributed by atoms with Crippen LogP contribution in [-0.4, -0.2) is 17.5 Å². The van der Waals surface area contributed by atoms with Crippen LogP contribution in [0.2, 0.25) is 0 Å². The number of carbonyl (C=O) groups is 1. The zero-order valence-corrected chi connectivity index (χ0v) is 6.94. The summed E-state index contributed by atoms with van der Waals surface area (Å²) in [6.45, 7) is 7.02. The van der Waals surface area contributed by atoms with E-state index in [-0.39, 0.29) is 0 Å². The Morgan fingerprint density at radius 1 is 1.90 bits per heavy atom. The molecule has 0 aliphatic heterocycles. The predicted octanol–water partition coefficient (Wildman–Crippen LogP) is 1.73. The average Bonchev–Trinajstić information content (AvgIpc) is 1.89. The first-order chi connectivity index (χ1) is 4.54. The van der Waals surface area contributed by atoms with Gasteiger partial charge in [-0.15, -0.1) is 18.2 Å². The van der Waals surface area contributed by atoms with E-state index >= 15 is 0 Å². The van der Waals surface area contributed by atoms with Crippen molar-refractivity contribution >= 4 is 17.6 Å². The summed E-state index contributed by atoms with van der Waals surface area (Å²) >= 11 is 5.66. The second kappa shape index (κ2) is 3.62. The first-order valence-electron chi connectivity index (χ1n) is 3.04. The van der Waals surface area contributed by atoms with Crippen LogP contribution in [-0.2, 0) is 9.53 Å². The van der Waals surface area contributed by atoms with Crippen LogP contribution in [0.5, 0.6) is 0 Å². The molecule has 0 heterocycles. The van der Waals surface area contributed by atoms with Gasteiger partial charge < -0.3 is 4.74 Å². The molecule has 58 valence electrons. The lowest BCUT2D eigenvalue weighted by Crippen LogP contribution is -2.28. The maximum atomic E-state index is 10.9. The Hall–Kier alpha value is -0.500. The third-order valence-corrected chi connectivity index (χ3v) is 1.37. The van der Waals surface area contributed by atoms with Crippen molar-refractivity contribution in [1.29, 1.82) is 0 Å². The maximum absolute atomic E-state index is 10.9. The van der Waals surface area contributed by atoms with Gasteiger partial charge in [-0.1, -0.05) is 6.08 Å². The van der Waals surface area contributed by atoms with Crippen molar-refractivity contribution in [1.82, 2.24) is 0 Å². The fourth-order valence-corrected chi connectivity index (χ4v) is 0.410. The maximum Gasteiger partial charge on any atom is 0.330 e. The minimum atomic E-state index is -1.07. The number of hydrogen-bond acceptors (Lipinski definition) is 2. The van der Waals surface area contributed by atoms with Crippen molar-refractivity contribution in [3.8, 4) is 0 Å². The first-order valence-corrected chi connectivity index (χ1v) is 3.42. The smallest absolute Gasteiger partial charge is 0.330 e. The third-order valence-electron chi connectivity index (χ3n) is 1.06. The van der Waals surface area contributed by atoms with Gasteiger partial charge in [0.25, 0.3) is 0 Å². The number of halogens is 1. The Morgan fingerprint density at radius 3 is 2.70 bits per heavy atom. The second-order valence-electron chi connectivity index (χ2n) is 2.00. The Kier molecular flexibility index (Phi) is 3.43. The summed E-state index contributed by atoms with van der Waals surface area (Å²) in [5, 5.41) is 0. The monoisotopic (exact) mass is 162 g/mol. The molecule has 2 nitrogen and oxygen atoms in total. The molecule has 10 heavy (non-hydrogen) atoms. The highest BCUT2D eigenvalue weighted by atomic mass is 35.5.